The smallest absolute Gasteiger partial charge is 0.285 e. The largest absolute Gasteiger partial charge is 0.393 e. The number of piperidine rings is 1. The van der Waals surface area contributed by atoms with Crippen molar-refractivity contribution >= 4 is 0 Å². The molecule has 0 aromatic heterocycles. The molecule has 1 saturated heterocycles. The molecule has 0 saturated carbocycles. The van der Waals surface area contributed by atoms with Crippen LogP contribution in [0.2, 0.25) is 0 Å². The van der Waals surface area contributed by atoms with Crippen molar-refractivity contribution in [3.05, 3.63) is 35.9 Å². The zero-order valence-electron chi connectivity index (χ0n) is 10.5. The molecule has 100 valence electrons. The van der Waals surface area contributed by atoms with Gasteiger partial charge in [-0.15, -0.1) is 0 Å². The fraction of sp³-hybridized carbons (Fsp3) is 0.571. The highest BCUT2D eigenvalue weighted by molar-refractivity contribution is 5.20. The Hall–Kier alpha value is -1.00. The van der Waals surface area contributed by atoms with Crippen LogP contribution in [0.4, 0.5) is 8.78 Å². The Morgan fingerprint density at radius 2 is 2.00 bits per heavy atom. The van der Waals surface area contributed by atoms with Crippen LogP contribution in [0.15, 0.2) is 30.3 Å². The summed E-state index contributed by atoms with van der Waals surface area (Å²) in [5, 5.41) is 9.60. The molecule has 1 aromatic carbocycles. The summed E-state index contributed by atoms with van der Waals surface area (Å²) in [5.74, 6) is -2.77. The van der Waals surface area contributed by atoms with Crippen molar-refractivity contribution < 1.29 is 13.9 Å². The molecule has 1 aliphatic heterocycles. The van der Waals surface area contributed by atoms with Crippen molar-refractivity contribution in [2.45, 2.75) is 25.4 Å². The lowest BCUT2D eigenvalue weighted by Gasteiger charge is -2.36. The van der Waals surface area contributed by atoms with Crippen molar-refractivity contribution in [1.82, 2.24) is 4.90 Å². The second kappa shape index (κ2) is 5.33. The summed E-state index contributed by atoms with van der Waals surface area (Å²) in [6, 6.07) is 7.92. The molecule has 1 heterocycles. The highest BCUT2D eigenvalue weighted by atomic mass is 19.3. The maximum absolute atomic E-state index is 14.1. The van der Waals surface area contributed by atoms with Crippen molar-refractivity contribution in [2.75, 3.05) is 19.6 Å². The summed E-state index contributed by atoms with van der Waals surface area (Å²) in [6.45, 7) is 2.70. The highest BCUT2D eigenvalue weighted by Crippen LogP contribution is 2.30. The van der Waals surface area contributed by atoms with Crippen LogP contribution < -0.4 is 0 Å². The molecule has 0 aliphatic carbocycles. The van der Waals surface area contributed by atoms with Crippen molar-refractivity contribution in [2.24, 2.45) is 5.92 Å². The van der Waals surface area contributed by atoms with E-state index in [-0.39, 0.29) is 24.1 Å². The molecule has 4 heteroatoms. The van der Waals surface area contributed by atoms with Crippen LogP contribution in [0, 0.1) is 5.92 Å². The Labute approximate surface area is 106 Å². The van der Waals surface area contributed by atoms with E-state index in [1.807, 2.05) is 6.92 Å². The highest BCUT2D eigenvalue weighted by Gasteiger charge is 2.36. The fourth-order valence-electron chi connectivity index (χ4n) is 2.42. The molecule has 0 spiro atoms. The molecular weight excluding hydrogens is 236 g/mol. The van der Waals surface area contributed by atoms with E-state index in [0.717, 1.165) is 0 Å². The van der Waals surface area contributed by atoms with Crippen LogP contribution in [-0.4, -0.2) is 35.7 Å². The Morgan fingerprint density at radius 1 is 1.33 bits per heavy atom. The number of hydrogen-bond donors (Lipinski definition) is 1. The molecule has 1 fully saturated rings. The summed E-state index contributed by atoms with van der Waals surface area (Å²) >= 11 is 0. The minimum Gasteiger partial charge on any atom is -0.393 e. The molecule has 2 atom stereocenters. The van der Waals surface area contributed by atoms with E-state index >= 15 is 0 Å². The monoisotopic (exact) mass is 255 g/mol. The average Bonchev–Trinajstić information content (AvgIpc) is 2.35. The first-order valence-electron chi connectivity index (χ1n) is 6.33. The molecule has 0 radical (unpaired) electrons. The Kier molecular flexibility index (Phi) is 3.97. The van der Waals surface area contributed by atoms with Crippen LogP contribution in [0.5, 0.6) is 0 Å². The minimum atomic E-state index is -2.83. The second-order valence-electron chi connectivity index (χ2n) is 5.14. The van der Waals surface area contributed by atoms with Gasteiger partial charge in [0.15, 0.2) is 0 Å². The van der Waals surface area contributed by atoms with Crippen molar-refractivity contribution in [3.8, 4) is 0 Å². The minimum absolute atomic E-state index is 0.0591. The van der Waals surface area contributed by atoms with Gasteiger partial charge in [0.25, 0.3) is 5.92 Å². The van der Waals surface area contributed by atoms with E-state index < -0.39 is 5.92 Å². The van der Waals surface area contributed by atoms with Gasteiger partial charge in [-0.3, -0.25) is 4.90 Å². The zero-order valence-corrected chi connectivity index (χ0v) is 10.5. The van der Waals surface area contributed by atoms with E-state index in [9.17, 15) is 13.9 Å². The number of aliphatic hydroxyl groups is 1. The molecule has 18 heavy (non-hydrogen) atoms. The summed E-state index contributed by atoms with van der Waals surface area (Å²) < 4.78 is 28.1. The number of aliphatic hydroxyl groups excluding tert-OH is 1. The number of likely N-dealkylation sites (tertiary alicyclic amines) is 1. The first-order chi connectivity index (χ1) is 8.49. The lowest BCUT2D eigenvalue weighted by atomic mass is 9.96. The predicted octanol–water partition coefficient (Wildman–Crippen LogP) is 2.48. The van der Waals surface area contributed by atoms with Gasteiger partial charge in [-0.1, -0.05) is 37.3 Å². The average molecular weight is 255 g/mol. The molecule has 1 aliphatic rings. The molecular formula is C14H19F2NO. The first-order valence-corrected chi connectivity index (χ1v) is 6.33. The number of halogens is 2. The Bertz CT molecular complexity index is 383. The topological polar surface area (TPSA) is 23.5 Å². The van der Waals surface area contributed by atoms with Crippen molar-refractivity contribution in [3.63, 3.8) is 0 Å². The molecule has 2 unspecified atom stereocenters. The quantitative estimate of drug-likeness (QED) is 0.897. The maximum atomic E-state index is 14.1. The van der Waals surface area contributed by atoms with Crippen LogP contribution in [0.1, 0.15) is 18.9 Å². The molecule has 1 aromatic rings. The molecule has 2 nitrogen and oxygen atoms in total. The summed E-state index contributed by atoms with van der Waals surface area (Å²) in [4.78, 5) is 1.74. The molecule has 0 amide bonds. The third-order valence-electron chi connectivity index (χ3n) is 3.56. The standard InChI is InChI=1S/C14H19F2NO/c1-11-9-17(8-7-13(11)18)10-14(15,16)12-5-3-2-4-6-12/h2-6,11,13,18H,7-10H2,1H3. The van der Waals surface area contributed by atoms with Gasteiger partial charge in [0.2, 0.25) is 0 Å². The normalized spacial score (nSPS) is 26.2. The van der Waals surface area contributed by atoms with Gasteiger partial charge in [0.1, 0.15) is 0 Å². The van der Waals surface area contributed by atoms with Crippen LogP contribution >= 0.6 is 0 Å². The number of hydrogen-bond acceptors (Lipinski definition) is 2. The number of benzene rings is 1. The Balaban J connectivity index is 2.00. The van der Waals surface area contributed by atoms with E-state index in [0.29, 0.717) is 19.5 Å². The second-order valence-corrected chi connectivity index (χ2v) is 5.14. The van der Waals surface area contributed by atoms with Gasteiger partial charge in [0, 0.05) is 18.7 Å². The number of rotatable bonds is 3. The van der Waals surface area contributed by atoms with Gasteiger partial charge in [-0.2, -0.15) is 8.78 Å². The lowest BCUT2D eigenvalue weighted by molar-refractivity contribution is -0.0600. The van der Waals surface area contributed by atoms with Gasteiger partial charge in [0.05, 0.1) is 12.6 Å². The summed E-state index contributed by atoms with van der Waals surface area (Å²) in [6.07, 6.45) is 0.220. The van der Waals surface area contributed by atoms with Crippen LogP contribution in [-0.2, 0) is 5.92 Å². The number of nitrogens with zero attached hydrogens (tertiary/aromatic N) is 1. The Morgan fingerprint density at radius 3 is 2.61 bits per heavy atom. The SMILES string of the molecule is CC1CN(CC(F)(F)c2ccccc2)CCC1O. The molecule has 2 rings (SSSR count). The van der Waals surface area contributed by atoms with E-state index in [1.165, 1.54) is 12.1 Å². The van der Waals surface area contributed by atoms with E-state index in [1.54, 1.807) is 23.1 Å². The first kappa shape index (κ1) is 13.4. The van der Waals surface area contributed by atoms with Crippen molar-refractivity contribution in [1.29, 1.82) is 0 Å². The molecule has 1 N–H and O–H groups in total. The van der Waals surface area contributed by atoms with E-state index in [4.69, 9.17) is 0 Å². The van der Waals surface area contributed by atoms with E-state index in [2.05, 4.69) is 0 Å². The molecule has 0 bridgehead atoms. The fourth-order valence-corrected chi connectivity index (χ4v) is 2.42. The van der Waals surface area contributed by atoms with Gasteiger partial charge >= 0.3 is 0 Å². The zero-order chi connectivity index (χ0) is 13.2. The number of alkyl halides is 2. The van der Waals surface area contributed by atoms with Crippen LogP contribution in [0.3, 0.4) is 0 Å². The summed E-state index contributed by atoms with van der Waals surface area (Å²) in [5.41, 5.74) is 0.0591. The van der Waals surface area contributed by atoms with Gasteiger partial charge < -0.3 is 5.11 Å². The predicted molar refractivity (Wildman–Crippen MR) is 66.6 cm³/mol. The third kappa shape index (κ3) is 3.06. The summed E-state index contributed by atoms with van der Waals surface area (Å²) in [7, 11) is 0. The van der Waals surface area contributed by atoms with Gasteiger partial charge in [-0.25, -0.2) is 0 Å². The van der Waals surface area contributed by atoms with Crippen LogP contribution in [0.25, 0.3) is 0 Å². The lowest BCUT2D eigenvalue weighted by Crippen LogP contribution is -2.46. The maximum Gasteiger partial charge on any atom is 0.285 e. The third-order valence-corrected chi connectivity index (χ3v) is 3.56. The van der Waals surface area contributed by atoms with Gasteiger partial charge in [-0.05, 0) is 12.3 Å².